The molecule has 2 heterocycles. The van der Waals surface area contributed by atoms with Crippen molar-refractivity contribution in [2.75, 3.05) is 0 Å². The van der Waals surface area contributed by atoms with Crippen molar-refractivity contribution in [2.24, 2.45) is 0 Å². The highest BCUT2D eigenvalue weighted by atomic mass is 14.8. The highest BCUT2D eigenvalue weighted by molar-refractivity contribution is 5.53. The van der Waals surface area contributed by atoms with Gasteiger partial charge in [-0.05, 0) is 36.6 Å². The maximum Gasteiger partial charge on any atom is 0.0886 e. The molecular formula is C18H24N2. The first kappa shape index (κ1) is 14.7. The molecule has 0 bridgehead atoms. The lowest BCUT2D eigenvalue weighted by Crippen LogP contribution is -1.91. The van der Waals surface area contributed by atoms with Gasteiger partial charge in [-0.1, -0.05) is 51.2 Å². The van der Waals surface area contributed by atoms with Gasteiger partial charge in [-0.25, -0.2) is 0 Å². The quantitative estimate of drug-likeness (QED) is 0.626. The van der Waals surface area contributed by atoms with Gasteiger partial charge in [0.1, 0.15) is 0 Å². The zero-order chi connectivity index (χ0) is 14.0. The Bertz CT molecular complexity index is 477. The van der Waals surface area contributed by atoms with Gasteiger partial charge in [0.2, 0.25) is 0 Å². The molecule has 0 atom stereocenters. The molecule has 106 valence electrons. The minimum atomic E-state index is 0.943. The normalized spacial score (nSPS) is 10.7. The molecule has 0 saturated carbocycles. The topological polar surface area (TPSA) is 25.8 Å². The predicted octanol–water partition coefficient (Wildman–Crippen LogP) is 5.05. The molecule has 0 N–H and O–H groups in total. The van der Waals surface area contributed by atoms with Gasteiger partial charge >= 0.3 is 0 Å². The molecule has 20 heavy (non-hydrogen) atoms. The Kier molecular flexibility index (Phi) is 6.22. The van der Waals surface area contributed by atoms with Crippen LogP contribution in [0.5, 0.6) is 0 Å². The van der Waals surface area contributed by atoms with Crippen molar-refractivity contribution < 1.29 is 0 Å². The summed E-state index contributed by atoms with van der Waals surface area (Å²) in [6.45, 7) is 2.26. The summed E-state index contributed by atoms with van der Waals surface area (Å²) in [6, 6.07) is 10.2. The Morgan fingerprint density at radius 2 is 1.60 bits per heavy atom. The third-order valence-electron chi connectivity index (χ3n) is 3.57. The first-order valence-electron chi connectivity index (χ1n) is 7.76. The lowest BCUT2D eigenvalue weighted by Gasteiger charge is -2.03. The van der Waals surface area contributed by atoms with Crippen molar-refractivity contribution in [2.45, 2.75) is 51.9 Å². The number of hydrogen-bond donors (Lipinski definition) is 0. The summed E-state index contributed by atoms with van der Waals surface area (Å²) < 4.78 is 0. The smallest absolute Gasteiger partial charge is 0.0886 e. The predicted molar refractivity (Wildman–Crippen MR) is 84.5 cm³/mol. The Balaban J connectivity index is 1.77. The van der Waals surface area contributed by atoms with Gasteiger partial charge in [0.15, 0.2) is 0 Å². The van der Waals surface area contributed by atoms with Crippen LogP contribution in [0, 0.1) is 0 Å². The van der Waals surface area contributed by atoms with E-state index in [9.17, 15) is 0 Å². The van der Waals surface area contributed by atoms with E-state index in [2.05, 4.69) is 29.0 Å². The van der Waals surface area contributed by atoms with Gasteiger partial charge in [0.05, 0.1) is 11.4 Å². The molecule has 0 aromatic carbocycles. The zero-order valence-electron chi connectivity index (χ0n) is 12.4. The van der Waals surface area contributed by atoms with E-state index in [0.717, 1.165) is 17.8 Å². The summed E-state index contributed by atoms with van der Waals surface area (Å²) in [5, 5.41) is 0. The number of hydrogen-bond acceptors (Lipinski definition) is 2. The fourth-order valence-electron chi connectivity index (χ4n) is 2.35. The number of unbranched alkanes of at least 4 members (excludes halogenated alkanes) is 5. The van der Waals surface area contributed by atoms with Crippen LogP contribution in [0.25, 0.3) is 11.4 Å². The van der Waals surface area contributed by atoms with E-state index in [0.29, 0.717) is 0 Å². The van der Waals surface area contributed by atoms with Crippen LogP contribution in [-0.2, 0) is 6.42 Å². The zero-order valence-corrected chi connectivity index (χ0v) is 12.4. The molecule has 0 unspecified atom stereocenters. The summed E-state index contributed by atoms with van der Waals surface area (Å²) in [6.07, 6.45) is 13.0. The third kappa shape index (κ3) is 4.76. The maximum atomic E-state index is 4.51. The molecule has 2 nitrogen and oxygen atoms in total. The van der Waals surface area contributed by atoms with Crippen molar-refractivity contribution in [3.05, 3.63) is 48.3 Å². The molecule has 2 heteroatoms. The molecule has 0 amide bonds. The first-order chi connectivity index (χ1) is 9.90. The largest absolute Gasteiger partial charge is 0.255 e. The molecule has 0 saturated heterocycles. The van der Waals surface area contributed by atoms with E-state index in [1.807, 2.05) is 24.4 Å². The summed E-state index contributed by atoms with van der Waals surface area (Å²) >= 11 is 0. The second kappa shape index (κ2) is 8.47. The fourth-order valence-corrected chi connectivity index (χ4v) is 2.35. The Labute approximate surface area is 122 Å². The van der Waals surface area contributed by atoms with Crippen LogP contribution < -0.4 is 0 Å². The van der Waals surface area contributed by atoms with Gasteiger partial charge in [0, 0.05) is 12.4 Å². The Morgan fingerprint density at radius 3 is 2.30 bits per heavy atom. The number of aryl methyl sites for hydroxylation is 1. The second-order valence-electron chi connectivity index (χ2n) is 5.28. The molecule has 0 aliphatic heterocycles. The number of nitrogens with zero attached hydrogens (tertiary/aromatic N) is 2. The Hall–Kier alpha value is -1.70. The molecule has 2 rings (SSSR count). The monoisotopic (exact) mass is 268 g/mol. The van der Waals surface area contributed by atoms with E-state index >= 15 is 0 Å². The summed E-state index contributed by atoms with van der Waals surface area (Å²) in [4.78, 5) is 8.83. The Morgan fingerprint density at radius 1 is 0.800 bits per heavy atom. The van der Waals surface area contributed by atoms with Crippen molar-refractivity contribution in [3.8, 4) is 11.4 Å². The van der Waals surface area contributed by atoms with Crippen LogP contribution in [0.2, 0.25) is 0 Å². The van der Waals surface area contributed by atoms with Crippen molar-refractivity contribution in [1.29, 1.82) is 0 Å². The molecule has 0 fully saturated rings. The minimum Gasteiger partial charge on any atom is -0.255 e. The van der Waals surface area contributed by atoms with E-state index in [-0.39, 0.29) is 0 Å². The average Bonchev–Trinajstić information content (AvgIpc) is 2.52. The lowest BCUT2D eigenvalue weighted by atomic mass is 10.1. The van der Waals surface area contributed by atoms with Crippen LogP contribution in [-0.4, -0.2) is 9.97 Å². The van der Waals surface area contributed by atoms with Crippen LogP contribution in [0.4, 0.5) is 0 Å². The van der Waals surface area contributed by atoms with E-state index < -0.39 is 0 Å². The molecule has 0 spiro atoms. The number of pyridine rings is 2. The first-order valence-corrected chi connectivity index (χ1v) is 7.76. The third-order valence-corrected chi connectivity index (χ3v) is 3.57. The molecule has 0 radical (unpaired) electrons. The molecule has 0 aliphatic rings. The summed E-state index contributed by atoms with van der Waals surface area (Å²) in [7, 11) is 0. The molecule has 2 aromatic heterocycles. The van der Waals surface area contributed by atoms with Crippen molar-refractivity contribution in [1.82, 2.24) is 9.97 Å². The van der Waals surface area contributed by atoms with E-state index in [1.165, 1.54) is 44.1 Å². The molecule has 2 aromatic rings. The van der Waals surface area contributed by atoms with Gasteiger partial charge in [-0.15, -0.1) is 0 Å². The van der Waals surface area contributed by atoms with Crippen LogP contribution in [0.3, 0.4) is 0 Å². The van der Waals surface area contributed by atoms with Gasteiger partial charge < -0.3 is 0 Å². The second-order valence-corrected chi connectivity index (χ2v) is 5.28. The highest BCUT2D eigenvalue weighted by Crippen LogP contribution is 2.15. The van der Waals surface area contributed by atoms with Crippen molar-refractivity contribution >= 4 is 0 Å². The maximum absolute atomic E-state index is 4.51. The SMILES string of the molecule is CCCCCCCCc1ccc(-c2ccccn2)nc1. The lowest BCUT2D eigenvalue weighted by molar-refractivity contribution is 0.607. The van der Waals surface area contributed by atoms with Crippen molar-refractivity contribution in [3.63, 3.8) is 0 Å². The van der Waals surface area contributed by atoms with Gasteiger partial charge in [-0.3, -0.25) is 9.97 Å². The van der Waals surface area contributed by atoms with Crippen LogP contribution in [0.15, 0.2) is 42.7 Å². The minimum absolute atomic E-state index is 0.943. The van der Waals surface area contributed by atoms with E-state index in [4.69, 9.17) is 0 Å². The molecular weight excluding hydrogens is 244 g/mol. The van der Waals surface area contributed by atoms with Crippen LogP contribution in [0.1, 0.15) is 51.0 Å². The van der Waals surface area contributed by atoms with Gasteiger partial charge in [-0.2, -0.15) is 0 Å². The molecule has 0 aliphatic carbocycles. The number of rotatable bonds is 8. The average molecular weight is 268 g/mol. The van der Waals surface area contributed by atoms with E-state index in [1.54, 1.807) is 6.20 Å². The fraction of sp³-hybridized carbons (Fsp3) is 0.444. The highest BCUT2D eigenvalue weighted by Gasteiger charge is 2.00. The van der Waals surface area contributed by atoms with Crippen LogP contribution >= 0.6 is 0 Å². The standard InChI is InChI=1S/C18H24N2/c1-2-3-4-5-6-7-10-16-12-13-18(20-15-16)17-11-8-9-14-19-17/h8-9,11-15H,2-7,10H2,1H3. The number of aromatic nitrogens is 2. The summed E-state index contributed by atoms with van der Waals surface area (Å²) in [5.41, 5.74) is 3.23. The summed E-state index contributed by atoms with van der Waals surface area (Å²) in [5.74, 6) is 0. The van der Waals surface area contributed by atoms with Gasteiger partial charge in [0.25, 0.3) is 0 Å².